The zero-order valence-corrected chi connectivity index (χ0v) is 22.0. The molecule has 204 valence electrons. The molecule has 3 aromatic rings. The highest BCUT2D eigenvalue weighted by atomic mass is 16.5. The molecule has 10 nitrogen and oxygen atoms in total. The molecule has 1 saturated carbocycles. The number of urea groups is 1. The molecule has 0 radical (unpaired) electrons. The lowest BCUT2D eigenvalue weighted by atomic mass is 10.0. The Morgan fingerprint density at radius 2 is 1.77 bits per heavy atom. The number of methoxy groups -OCH3 is 1. The molecular formula is C30H29N5O5. The summed E-state index contributed by atoms with van der Waals surface area (Å²) in [7, 11) is 1.27. The largest absolute Gasteiger partial charge is 0.465 e. The van der Waals surface area contributed by atoms with Gasteiger partial charge in [0.1, 0.15) is 0 Å². The Morgan fingerprint density at radius 3 is 2.52 bits per heavy atom. The fourth-order valence-corrected chi connectivity index (χ4v) is 5.06. The smallest absolute Gasteiger partial charge is 0.337 e. The van der Waals surface area contributed by atoms with Crippen LogP contribution < -0.4 is 15.5 Å². The molecule has 0 bridgehead atoms. The van der Waals surface area contributed by atoms with Gasteiger partial charge < -0.3 is 20.3 Å². The number of benzene rings is 2. The molecule has 3 amide bonds. The first-order valence-electron chi connectivity index (χ1n) is 13.1. The second kappa shape index (κ2) is 11.9. The summed E-state index contributed by atoms with van der Waals surface area (Å²) in [6.45, 7) is -0.119. The van der Waals surface area contributed by atoms with E-state index in [-0.39, 0.29) is 23.8 Å². The van der Waals surface area contributed by atoms with E-state index in [1.165, 1.54) is 18.1 Å². The number of carbonyl (C=O) groups is 4. The molecule has 1 fully saturated rings. The van der Waals surface area contributed by atoms with Crippen molar-refractivity contribution >= 4 is 40.8 Å². The van der Waals surface area contributed by atoms with Crippen LogP contribution in [0.5, 0.6) is 0 Å². The Balaban J connectivity index is 1.48. The minimum atomic E-state index is -1.34. The van der Waals surface area contributed by atoms with Crippen molar-refractivity contribution in [2.24, 2.45) is 10.9 Å². The number of aliphatic imine (C=N–C) groups is 1. The van der Waals surface area contributed by atoms with Crippen molar-refractivity contribution in [3.8, 4) is 0 Å². The van der Waals surface area contributed by atoms with Gasteiger partial charge in [-0.25, -0.2) is 14.6 Å². The summed E-state index contributed by atoms with van der Waals surface area (Å²) in [6.07, 6.45) is 3.90. The van der Waals surface area contributed by atoms with Crippen LogP contribution in [0.15, 0.2) is 77.9 Å². The van der Waals surface area contributed by atoms with Gasteiger partial charge in [0.2, 0.25) is 6.17 Å². The molecular weight excluding hydrogens is 510 g/mol. The number of hydrogen-bond acceptors (Lipinski definition) is 7. The number of amides is 3. The number of carbonyl (C=O) groups excluding carboxylic acids is 4. The molecule has 0 unspecified atom stereocenters. The van der Waals surface area contributed by atoms with E-state index in [1.807, 2.05) is 18.2 Å². The summed E-state index contributed by atoms with van der Waals surface area (Å²) in [5.74, 6) is -1.18. The number of fused-ring (bicyclic) bond motifs is 1. The Bertz CT molecular complexity index is 1470. The summed E-state index contributed by atoms with van der Waals surface area (Å²) in [4.78, 5) is 62.7. The molecule has 40 heavy (non-hydrogen) atoms. The number of rotatable bonds is 7. The standard InChI is InChI=1S/C30H29N5O5/c1-40-29(38)20-11-8-12-21(17-20)32-30(39)34-27-28(37)35(18-25(36)19-9-2-3-10-19)24-15-5-4-13-22(24)26(33-27)23-14-6-7-16-31-23/h4-8,11-17,19,27H,2-3,9-10,18H2,1H3,(H2,32,34,39)/t27-/m0/s1. The SMILES string of the molecule is COC(=O)c1cccc(NC(=O)N[C@@H]2N=C(c3ccccn3)c3ccccc3N(CC(=O)C3CCCC3)C2=O)c1. The van der Waals surface area contributed by atoms with E-state index < -0.39 is 24.1 Å². The molecule has 2 aromatic carbocycles. The van der Waals surface area contributed by atoms with E-state index in [4.69, 9.17) is 4.74 Å². The quantitative estimate of drug-likeness (QED) is 0.437. The van der Waals surface area contributed by atoms with Gasteiger partial charge in [0.15, 0.2) is 5.78 Å². The first-order valence-corrected chi connectivity index (χ1v) is 13.1. The number of para-hydroxylation sites is 1. The summed E-state index contributed by atoms with van der Waals surface area (Å²) in [5, 5.41) is 5.29. The molecule has 2 N–H and O–H groups in total. The molecule has 2 aliphatic rings. The van der Waals surface area contributed by atoms with Crippen LogP contribution in [0.4, 0.5) is 16.2 Å². The highest BCUT2D eigenvalue weighted by Gasteiger charge is 2.36. The highest BCUT2D eigenvalue weighted by molar-refractivity contribution is 6.20. The van der Waals surface area contributed by atoms with Crippen LogP contribution >= 0.6 is 0 Å². The first-order chi connectivity index (χ1) is 19.4. The zero-order valence-electron chi connectivity index (χ0n) is 22.0. The maximum atomic E-state index is 13.9. The number of ether oxygens (including phenoxy) is 1. The second-order valence-electron chi connectivity index (χ2n) is 9.66. The third-order valence-electron chi connectivity index (χ3n) is 7.05. The van der Waals surface area contributed by atoms with Crippen molar-refractivity contribution in [3.63, 3.8) is 0 Å². The summed E-state index contributed by atoms with van der Waals surface area (Å²) in [6, 6.07) is 18.1. The van der Waals surface area contributed by atoms with Crippen LogP contribution in [0.3, 0.4) is 0 Å². The van der Waals surface area contributed by atoms with Gasteiger partial charge in [-0.15, -0.1) is 0 Å². The number of hydrogen-bond donors (Lipinski definition) is 2. The number of nitrogens with zero attached hydrogens (tertiary/aromatic N) is 3. The topological polar surface area (TPSA) is 130 Å². The molecule has 1 aliphatic heterocycles. The van der Waals surface area contributed by atoms with Gasteiger partial charge in [-0.2, -0.15) is 0 Å². The van der Waals surface area contributed by atoms with Crippen LogP contribution in [0, 0.1) is 5.92 Å². The molecule has 1 atom stereocenters. The van der Waals surface area contributed by atoms with E-state index >= 15 is 0 Å². The fraction of sp³-hybridized carbons (Fsp3) is 0.267. The predicted octanol–water partition coefficient (Wildman–Crippen LogP) is 3.96. The Hall–Kier alpha value is -4.86. The van der Waals surface area contributed by atoms with Gasteiger partial charge in [-0.05, 0) is 49.2 Å². The van der Waals surface area contributed by atoms with Crippen molar-refractivity contribution in [1.82, 2.24) is 10.3 Å². The first kappa shape index (κ1) is 26.7. The van der Waals surface area contributed by atoms with Gasteiger partial charge in [-0.1, -0.05) is 43.2 Å². The van der Waals surface area contributed by atoms with Crippen molar-refractivity contribution in [2.45, 2.75) is 31.8 Å². The van der Waals surface area contributed by atoms with Gasteiger partial charge >= 0.3 is 12.0 Å². The van der Waals surface area contributed by atoms with Crippen molar-refractivity contribution < 1.29 is 23.9 Å². The van der Waals surface area contributed by atoms with E-state index in [2.05, 4.69) is 20.6 Å². The van der Waals surface area contributed by atoms with Gasteiger partial charge in [0.05, 0.1) is 36.3 Å². The van der Waals surface area contributed by atoms with Crippen molar-refractivity contribution in [1.29, 1.82) is 0 Å². The minimum absolute atomic E-state index is 0.00948. The van der Waals surface area contributed by atoms with Crippen LogP contribution in [-0.4, -0.2) is 54.2 Å². The number of ketones is 1. The third kappa shape index (κ3) is 5.75. The number of anilines is 2. The maximum Gasteiger partial charge on any atom is 0.337 e. The van der Waals surface area contributed by atoms with Crippen molar-refractivity contribution in [3.05, 3.63) is 89.7 Å². The summed E-state index contributed by atoms with van der Waals surface area (Å²) in [5.41, 5.74) is 2.67. The summed E-state index contributed by atoms with van der Waals surface area (Å²) >= 11 is 0. The number of aromatic nitrogens is 1. The van der Waals surface area contributed by atoms with Crippen LogP contribution in [-0.2, 0) is 14.3 Å². The predicted molar refractivity (Wildman–Crippen MR) is 149 cm³/mol. The van der Waals surface area contributed by atoms with Crippen LogP contribution in [0.1, 0.15) is 47.3 Å². The molecule has 0 saturated heterocycles. The van der Waals surface area contributed by atoms with Gasteiger partial charge in [0.25, 0.3) is 5.91 Å². The highest BCUT2D eigenvalue weighted by Crippen LogP contribution is 2.30. The number of esters is 1. The fourth-order valence-electron chi connectivity index (χ4n) is 5.06. The Morgan fingerprint density at radius 1 is 1.00 bits per heavy atom. The van der Waals surface area contributed by atoms with Crippen LogP contribution in [0.2, 0.25) is 0 Å². The van der Waals surface area contributed by atoms with E-state index in [1.54, 1.807) is 48.7 Å². The molecule has 2 heterocycles. The number of Topliss-reactive ketones (excluding diaryl/α,β-unsaturated/α-hetero) is 1. The molecule has 1 aliphatic carbocycles. The lowest BCUT2D eigenvalue weighted by Gasteiger charge is -2.26. The van der Waals surface area contributed by atoms with Gasteiger partial charge in [-0.3, -0.25) is 14.6 Å². The lowest BCUT2D eigenvalue weighted by Crippen LogP contribution is -2.50. The maximum absolute atomic E-state index is 13.9. The Kier molecular flexibility index (Phi) is 7.95. The average molecular weight is 540 g/mol. The normalized spacial score (nSPS) is 16.9. The molecule has 5 rings (SSSR count). The molecule has 0 spiro atoms. The third-order valence-corrected chi connectivity index (χ3v) is 7.05. The molecule has 10 heteroatoms. The van der Waals surface area contributed by atoms with E-state index in [0.29, 0.717) is 28.3 Å². The molecule has 1 aromatic heterocycles. The minimum Gasteiger partial charge on any atom is -0.465 e. The second-order valence-corrected chi connectivity index (χ2v) is 9.66. The van der Waals surface area contributed by atoms with Gasteiger partial charge in [0, 0.05) is 23.4 Å². The van der Waals surface area contributed by atoms with E-state index in [0.717, 1.165) is 25.7 Å². The Labute approximate surface area is 231 Å². The number of nitrogens with one attached hydrogen (secondary N) is 2. The van der Waals surface area contributed by atoms with Crippen molar-refractivity contribution in [2.75, 3.05) is 23.9 Å². The summed E-state index contributed by atoms with van der Waals surface area (Å²) < 4.78 is 4.74. The number of benzodiazepines with no additional fused rings is 1. The van der Waals surface area contributed by atoms with Crippen LogP contribution in [0.25, 0.3) is 0 Å². The average Bonchev–Trinajstić information content (AvgIpc) is 3.50. The lowest BCUT2D eigenvalue weighted by molar-refractivity contribution is -0.125. The van der Waals surface area contributed by atoms with E-state index in [9.17, 15) is 19.2 Å². The number of pyridine rings is 1. The zero-order chi connectivity index (χ0) is 28.1. The monoisotopic (exact) mass is 539 g/mol.